The highest BCUT2D eigenvalue weighted by molar-refractivity contribution is 6.10. The minimum Gasteiger partial charge on any atom is -0.355 e. The van der Waals surface area contributed by atoms with E-state index in [0.717, 1.165) is 44.6 Å². The van der Waals surface area contributed by atoms with Crippen LogP contribution in [-0.4, -0.2) is 15.0 Å². The summed E-state index contributed by atoms with van der Waals surface area (Å²) in [5, 5.41) is 13.5. The van der Waals surface area contributed by atoms with Crippen molar-refractivity contribution in [1.29, 1.82) is 5.26 Å². The van der Waals surface area contributed by atoms with Crippen LogP contribution in [0.2, 0.25) is 0 Å². The highest BCUT2D eigenvalue weighted by Crippen LogP contribution is 2.34. The monoisotopic (exact) mass is 361 g/mol. The number of nitrogens with one attached hydrogen (secondary N) is 2. The minimum atomic E-state index is 0.631. The number of pyridine rings is 1. The molecule has 5 heteroatoms. The maximum atomic E-state index is 9.03. The molecule has 0 spiro atoms. The van der Waals surface area contributed by atoms with Gasteiger partial charge >= 0.3 is 0 Å². The van der Waals surface area contributed by atoms with Gasteiger partial charge < -0.3 is 10.3 Å². The van der Waals surface area contributed by atoms with Gasteiger partial charge in [-0.3, -0.25) is 0 Å². The molecule has 0 radical (unpaired) electrons. The Morgan fingerprint density at radius 3 is 2.50 bits per heavy atom. The molecule has 0 amide bonds. The molecule has 5 aromatic rings. The predicted molar refractivity (Wildman–Crippen MR) is 111 cm³/mol. The molecule has 2 N–H and O–H groups in total. The van der Waals surface area contributed by atoms with Crippen molar-refractivity contribution >= 4 is 33.3 Å². The van der Waals surface area contributed by atoms with Crippen LogP contribution in [0.3, 0.4) is 0 Å². The molecule has 28 heavy (non-hydrogen) atoms. The van der Waals surface area contributed by atoms with E-state index in [1.165, 1.54) is 0 Å². The van der Waals surface area contributed by atoms with Crippen LogP contribution in [0.5, 0.6) is 0 Å². The summed E-state index contributed by atoms with van der Waals surface area (Å²) in [5.74, 6) is 0. The first kappa shape index (κ1) is 16.0. The Labute approximate surface area is 161 Å². The lowest BCUT2D eigenvalue weighted by Crippen LogP contribution is -1.96. The summed E-state index contributed by atoms with van der Waals surface area (Å²) >= 11 is 0. The average molecular weight is 361 g/mol. The summed E-state index contributed by atoms with van der Waals surface area (Å²) < 4.78 is 0. The zero-order valence-corrected chi connectivity index (χ0v) is 14.8. The Morgan fingerprint density at radius 2 is 1.71 bits per heavy atom. The van der Waals surface area contributed by atoms with Gasteiger partial charge in [0, 0.05) is 16.8 Å². The molecular weight excluding hydrogens is 346 g/mol. The summed E-state index contributed by atoms with van der Waals surface area (Å²) in [6.07, 6.45) is 1.58. The summed E-state index contributed by atoms with van der Waals surface area (Å²) in [6, 6.07) is 25.8. The molecule has 0 fully saturated rings. The number of rotatable bonds is 3. The van der Waals surface area contributed by atoms with Crippen LogP contribution in [-0.2, 0) is 0 Å². The first-order valence-corrected chi connectivity index (χ1v) is 8.91. The van der Waals surface area contributed by atoms with Crippen molar-refractivity contribution in [2.75, 3.05) is 5.32 Å². The third-order valence-electron chi connectivity index (χ3n) is 4.75. The molecule has 0 aliphatic heterocycles. The van der Waals surface area contributed by atoms with E-state index in [-0.39, 0.29) is 0 Å². The molecule has 0 bridgehead atoms. The lowest BCUT2D eigenvalue weighted by Gasteiger charge is -2.14. The number of benzene rings is 3. The Hall–Kier alpha value is -4.17. The van der Waals surface area contributed by atoms with Gasteiger partial charge in [-0.05, 0) is 48.0 Å². The second kappa shape index (κ2) is 6.53. The lowest BCUT2D eigenvalue weighted by molar-refractivity contribution is 1.35. The first-order valence-electron chi connectivity index (χ1n) is 8.91. The summed E-state index contributed by atoms with van der Waals surface area (Å²) in [5.41, 5.74) is 7.26. The van der Waals surface area contributed by atoms with Crippen molar-refractivity contribution in [3.63, 3.8) is 0 Å². The van der Waals surface area contributed by atoms with Crippen LogP contribution in [0.25, 0.3) is 33.2 Å². The van der Waals surface area contributed by atoms with Crippen molar-refractivity contribution in [3.05, 3.63) is 84.7 Å². The van der Waals surface area contributed by atoms with Crippen molar-refractivity contribution < 1.29 is 0 Å². The highest BCUT2D eigenvalue weighted by Gasteiger charge is 2.12. The standard InChI is InChI=1S/C23H15N5/c24-13-15-6-8-17(9-7-15)27-21-12-20(16-4-2-1-3-5-16)28-18-10-11-19-23(22(18)21)26-14-25-19/h1-12,14,27-28H. The number of hydrogen-bond donors (Lipinski definition) is 2. The van der Waals surface area contributed by atoms with Gasteiger partial charge in [-0.1, -0.05) is 30.3 Å². The van der Waals surface area contributed by atoms with Crippen molar-refractivity contribution in [2.45, 2.75) is 0 Å². The fourth-order valence-corrected chi connectivity index (χ4v) is 3.39. The van der Waals surface area contributed by atoms with E-state index >= 15 is 0 Å². The van der Waals surface area contributed by atoms with Crippen LogP contribution in [0.15, 0.2) is 79.1 Å². The van der Waals surface area contributed by atoms with E-state index < -0.39 is 0 Å². The molecule has 0 aliphatic carbocycles. The van der Waals surface area contributed by atoms with Gasteiger partial charge in [0.2, 0.25) is 0 Å². The quantitative estimate of drug-likeness (QED) is 0.451. The number of hydrogen-bond acceptors (Lipinski definition) is 4. The van der Waals surface area contributed by atoms with Gasteiger partial charge in [-0.25, -0.2) is 9.97 Å². The van der Waals surface area contributed by atoms with Crippen LogP contribution in [0.1, 0.15) is 5.56 Å². The minimum absolute atomic E-state index is 0.631. The number of aromatic amines is 1. The van der Waals surface area contributed by atoms with Crippen LogP contribution in [0.4, 0.5) is 11.4 Å². The number of nitriles is 1. The van der Waals surface area contributed by atoms with E-state index in [4.69, 9.17) is 5.26 Å². The molecule has 2 aromatic heterocycles. The second-order valence-corrected chi connectivity index (χ2v) is 6.51. The van der Waals surface area contributed by atoms with E-state index in [1.807, 2.05) is 42.5 Å². The summed E-state index contributed by atoms with van der Waals surface area (Å²) in [6.45, 7) is 0. The van der Waals surface area contributed by atoms with Gasteiger partial charge in [0.25, 0.3) is 0 Å². The average Bonchev–Trinajstić information content (AvgIpc) is 3.23. The smallest absolute Gasteiger partial charge is 0.116 e. The maximum absolute atomic E-state index is 9.03. The Kier molecular flexibility index (Phi) is 3.74. The maximum Gasteiger partial charge on any atom is 0.116 e. The van der Waals surface area contributed by atoms with Gasteiger partial charge in [0.1, 0.15) is 11.8 Å². The summed E-state index contributed by atoms with van der Waals surface area (Å²) in [4.78, 5) is 12.3. The molecule has 0 unspecified atom stereocenters. The van der Waals surface area contributed by atoms with Crippen molar-refractivity contribution in [1.82, 2.24) is 15.0 Å². The predicted octanol–water partition coefficient (Wildman–Crippen LogP) is 5.39. The molecular formula is C23H15N5. The lowest BCUT2D eigenvalue weighted by atomic mass is 10.1. The Bertz CT molecular complexity index is 1330. The number of nitrogens with zero attached hydrogens (tertiary/aromatic N) is 3. The van der Waals surface area contributed by atoms with Crippen molar-refractivity contribution in [2.24, 2.45) is 0 Å². The van der Waals surface area contributed by atoms with Gasteiger partial charge in [0.15, 0.2) is 0 Å². The van der Waals surface area contributed by atoms with E-state index in [0.29, 0.717) is 5.56 Å². The number of imidazole rings is 1. The van der Waals surface area contributed by atoms with Gasteiger partial charge in [-0.15, -0.1) is 0 Å². The molecule has 132 valence electrons. The van der Waals surface area contributed by atoms with Crippen molar-refractivity contribution in [3.8, 4) is 17.3 Å². The summed E-state index contributed by atoms with van der Waals surface area (Å²) in [7, 11) is 0. The first-order chi connectivity index (χ1) is 13.8. The van der Waals surface area contributed by atoms with Crippen LogP contribution < -0.4 is 5.32 Å². The zero-order valence-electron chi connectivity index (χ0n) is 14.8. The zero-order chi connectivity index (χ0) is 18.9. The van der Waals surface area contributed by atoms with Crippen LogP contribution in [0, 0.1) is 11.3 Å². The Morgan fingerprint density at radius 1 is 0.893 bits per heavy atom. The van der Waals surface area contributed by atoms with E-state index in [9.17, 15) is 0 Å². The highest BCUT2D eigenvalue weighted by atomic mass is 14.9. The third-order valence-corrected chi connectivity index (χ3v) is 4.75. The molecule has 3 aromatic carbocycles. The number of H-pyrrole nitrogens is 1. The molecule has 2 heterocycles. The fourth-order valence-electron chi connectivity index (χ4n) is 3.39. The van der Waals surface area contributed by atoms with E-state index in [2.05, 4.69) is 44.5 Å². The van der Waals surface area contributed by atoms with Gasteiger partial charge in [0.05, 0.1) is 28.4 Å². The molecule has 5 nitrogen and oxygen atoms in total. The molecule has 0 atom stereocenters. The largest absolute Gasteiger partial charge is 0.355 e. The fraction of sp³-hybridized carbons (Fsp3) is 0. The molecule has 0 aliphatic rings. The van der Waals surface area contributed by atoms with E-state index in [1.54, 1.807) is 18.5 Å². The molecule has 0 saturated carbocycles. The topological polar surface area (TPSA) is 77.4 Å². The SMILES string of the molecule is N#Cc1ccc(Nc2cc(-c3ccccc3)[nH]c3ccc4ncnc4c23)cc1. The number of fused-ring (bicyclic) bond motifs is 3. The normalized spacial score (nSPS) is 10.8. The molecule has 0 saturated heterocycles. The van der Waals surface area contributed by atoms with Gasteiger partial charge in [-0.2, -0.15) is 5.26 Å². The number of anilines is 2. The number of aromatic nitrogens is 3. The molecule has 5 rings (SSSR count). The van der Waals surface area contributed by atoms with Crippen LogP contribution >= 0.6 is 0 Å². The Balaban J connectivity index is 1.73. The second-order valence-electron chi connectivity index (χ2n) is 6.51. The third kappa shape index (κ3) is 2.74.